The third-order valence-corrected chi connectivity index (χ3v) is 5.03. The van der Waals surface area contributed by atoms with Crippen LogP contribution >= 0.6 is 12.2 Å². The highest BCUT2D eigenvalue weighted by molar-refractivity contribution is 7.92. The van der Waals surface area contributed by atoms with Gasteiger partial charge in [-0.25, -0.2) is 8.42 Å². The van der Waals surface area contributed by atoms with Crippen LogP contribution in [-0.4, -0.2) is 29.7 Å². The molecule has 1 unspecified atom stereocenters. The summed E-state index contributed by atoms with van der Waals surface area (Å²) in [5.74, 6) is -1.66. The highest BCUT2D eigenvalue weighted by atomic mass is 32.2. The van der Waals surface area contributed by atoms with E-state index in [0.29, 0.717) is 11.1 Å². The molecule has 0 amide bonds. The number of carboxylic acids is 1. The number of carbonyl (C=O) groups is 1. The molecule has 0 aliphatic carbocycles. The summed E-state index contributed by atoms with van der Waals surface area (Å²) in [5, 5.41) is 7.52. The molecule has 0 bridgehead atoms. The van der Waals surface area contributed by atoms with Crippen molar-refractivity contribution in [3.05, 3.63) is 35.4 Å². The third-order valence-electron chi connectivity index (χ3n) is 2.66. The average molecular weight is 301 g/mol. The number of hydrogen-bond acceptors (Lipinski definition) is 4. The van der Waals surface area contributed by atoms with Gasteiger partial charge in [0.15, 0.2) is 15.1 Å². The van der Waals surface area contributed by atoms with Gasteiger partial charge in [-0.1, -0.05) is 37.3 Å². The molecule has 0 aliphatic heterocycles. The second kappa shape index (κ2) is 6.12. The molecule has 1 atom stereocenters. The third kappa shape index (κ3) is 4.00. The van der Waals surface area contributed by atoms with Gasteiger partial charge in [-0.15, -0.1) is 0 Å². The second-order valence-corrected chi connectivity index (χ2v) is 6.73. The predicted octanol–water partition coefficient (Wildman–Crippen LogP) is 1.10. The standard InChI is InChI=1S/C12H15NO4S2/c1-2-10(12(14)15)19(16,17)7-8-4-3-5-9(6-8)11(13)18/h3-6,10H,2,7H2,1H3,(H2,13,18)(H,14,15). The number of thiocarbonyl (C=S) groups is 1. The first-order chi connectivity index (χ1) is 8.77. The largest absolute Gasteiger partial charge is 0.480 e. The molecule has 0 saturated heterocycles. The Bertz CT molecular complexity index is 596. The number of benzene rings is 1. The van der Waals surface area contributed by atoms with Crippen molar-refractivity contribution in [1.29, 1.82) is 0 Å². The smallest absolute Gasteiger partial charge is 0.321 e. The van der Waals surface area contributed by atoms with E-state index in [-0.39, 0.29) is 17.2 Å². The molecule has 0 heterocycles. The molecule has 5 nitrogen and oxygen atoms in total. The first kappa shape index (κ1) is 15.6. The van der Waals surface area contributed by atoms with Crippen LogP contribution in [0.4, 0.5) is 0 Å². The molecule has 1 aromatic rings. The quantitative estimate of drug-likeness (QED) is 0.764. The molecular formula is C12H15NO4S2. The zero-order valence-corrected chi connectivity index (χ0v) is 12.0. The molecule has 0 aromatic heterocycles. The zero-order valence-electron chi connectivity index (χ0n) is 10.4. The van der Waals surface area contributed by atoms with Crippen molar-refractivity contribution >= 4 is 33.0 Å². The van der Waals surface area contributed by atoms with Gasteiger partial charge >= 0.3 is 5.97 Å². The van der Waals surface area contributed by atoms with Gasteiger partial charge in [-0.05, 0) is 18.1 Å². The number of hydrogen-bond donors (Lipinski definition) is 2. The summed E-state index contributed by atoms with van der Waals surface area (Å²) in [7, 11) is -3.75. The van der Waals surface area contributed by atoms with Crippen LogP contribution in [0.2, 0.25) is 0 Å². The van der Waals surface area contributed by atoms with Gasteiger partial charge < -0.3 is 10.8 Å². The minimum absolute atomic E-state index is 0.0344. The fraction of sp³-hybridized carbons (Fsp3) is 0.333. The Labute approximate surface area is 117 Å². The average Bonchev–Trinajstić information content (AvgIpc) is 2.28. The van der Waals surface area contributed by atoms with E-state index >= 15 is 0 Å². The minimum Gasteiger partial charge on any atom is -0.480 e. The predicted molar refractivity (Wildman–Crippen MR) is 76.7 cm³/mol. The normalized spacial score (nSPS) is 12.9. The van der Waals surface area contributed by atoms with E-state index in [4.69, 9.17) is 23.1 Å². The Hall–Kier alpha value is -1.47. The Balaban J connectivity index is 3.04. The molecule has 104 valence electrons. The number of carboxylic acid groups (broad SMARTS) is 1. The summed E-state index contributed by atoms with van der Waals surface area (Å²) in [6.45, 7) is 1.53. The lowest BCUT2D eigenvalue weighted by atomic mass is 10.1. The van der Waals surface area contributed by atoms with Crippen molar-refractivity contribution < 1.29 is 18.3 Å². The Morgan fingerprint density at radius 1 is 1.47 bits per heavy atom. The van der Waals surface area contributed by atoms with Crippen molar-refractivity contribution in [1.82, 2.24) is 0 Å². The van der Waals surface area contributed by atoms with E-state index in [1.807, 2.05) is 0 Å². The number of rotatable bonds is 6. The molecular weight excluding hydrogens is 286 g/mol. The molecule has 0 saturated carbocycles. The van der Waals surface area contributed by atoms with Crippen LogP contribution in [0.25, 0.3) is 0 Å². The first-order valence-corrected chi connectivity index (χ1v) is 7.73. The summed E-state index contributed by atoms with van der Waals surface area (Å²) in [6.07, 6.45) is 0.0344. The monoisotopic (exact) mass is 301 g/mol. The van der Waals surface area contributed by atoms with Gasteiger partial charge in [0.2, 0.25) is 0 Å². The first-order valence-electron chi connectivity index (χ1n) is 5.61. The molecule has 0 radical (unpaired) electrons. The Kier molecular flexibility index (Phi) is 5.02. The van der Waals surface area contributed by atoms with Gasteiger partial charge in [0.25, 0.3) is 0 Å². The number of sulfone groups is 1. The molecule has 3 N–H and O–H groups in total. The van der Waals surface area contributed by atoms with Gasteiger partial charge in [0.05, 0.1) is 5.75 Å². The summed E-state index contributed by atoms with van der Waals surface area (Å²) in [4.78, 5) is 11.1. The second-order valence-electron chi connectivity index (χ2n) is 4.11. The minimum atomic E-state index is -3.75. The van der Waals surface area contributed by atoms with Crippen LogP contribution in [0.3, 0.4) is 0 Å². The molecule has 7 heteroatoms. The maximum Gasteiger partial charge on any atom is 0.321 e. The van der Waals surface area contributed by atoms with Crippen molar-refractivity contribution in [3.63, 3.8) is 0 Å². The van der Waals surface area contributed by atoms with Crippen LogP contribution in [0.1, 0.15) is 24.5 Å². The fourth-order valence-corrected chi connectivity index (χ4v) is 3.52. The number of nitrogens with two attached hydrogens (primary N) is 1. The molecule has 19 heavy (non-hydrogen) atoms. The summed E-state index contributed by atoms with van der Waals surface area (Å²) in [5.41, 5.74) is 6.51. The lowest BCUT2D eigenvalue weighted by molar-refractivity contribution is -0.136. The molecule has 0 fully saturated rings. The number of aliphatic carboxylic acids is 1. The van der Waals surface area contributed by atoms with E-state index < -0.39 is 21.1 Å². The van der Waals surface area contributed by atoms with Crippen LogP contribution < -0.4 is 5.73 Å². The van der Waals surface area contributed by atoms with Crippen molar-refractivity contribution in [3.8, 4) is 0 Å². The molecule has 0 spiro atoms. The highest BCUT2D eigenvalue weighted by Crippen LogP contribution is 2.15. The van der Waals surface area contributed by atoms with Crippen LogP contribution in [0, 0.1) is 0 Å². The van der Waals surface area contributed by atoms with Crippen LogP contribution in [-0.2, 0) is 20.4 Å². The van der Waals surface area contributed by atoms with E-state index in [1.165, 1.54) is 6.92 Å². The molecule has 0 aliphatic rings. The van der Waals surface area contributed by atoms with E-state index in [0.717, 1.165) is 0 Å². The summed E-state index contributed by atoms with van der Waals surface area (Å²) in [6, 6.07) is 6.48. The van der Waals surface area contributed by atoms with Gasteiger partial charge in [0.1, 0.15) is 4.99 Å². The van der Waals surface area contributed by atoms with E-state index in [1.54, 1.807) is 24.3 Å². The summed E-state index contributed by atoms with van der Waals surface area (Å²) < 4.78 is 24.0. The highest BCUT2D eigenvalue weighted by Gasteiger charge is 2.30. The van der Waals surface area contributed by atoms with Gasteiger partial charge in [0, 0.05) is 5.56 Å². The Morgan fingerprint density at radius 3 is 2.58 bits per heavy atom. The van der Waals surface area contributed by atoms with Crippen molar-refractivity contribution in [2.75, 3.05) is 0 Å². The zero-order chi connectivity index (χ0) is 14.6. The van der Waals surface area contributed by atoms with Gasteiger partial charge in [-0.2, -0.15) is 0 Å². The lowest BCUT2D eigenvalue weighted by Gasteiger charge is -2.11. The van der Waals surface area contributed by atoms with Crippen LogP contribution in [0.15, 0.2) is 24.3 Å². The molecule has 1 aromatic carbocycles. The topological polar surface area (TPSA) is 97.5 Å². The maximum atomic E-state index is 12.0. The van der Waals surface area contributed by atoms with Gasteiger partial charge in [-0.3, -0.25) is 4.79 Å². The maximum absolute atomic E-state index is 12.0. The Morgan fingerprint density at radius 2 is 2.11 bits per heavy atom. The van der Waals surface area contributed by atoms with E-state index in [9.17, 15) is 13.2 Å². The summed E-state index contributed by atoms with van der Waals surface area (Å²) >= 11 is 4.81. The van der Waals surface area contributed by atoms with Crippen molar-refractivity contribution in [2.24, 2.45) is 5.73 Å². The fourth-order valence-electron chi connectivity index (χ4n) is 1.73. The van der Waals surface area contributed by atoms with E-state index in [2.05, 4.69) is 0 Å². The van der Waals surface area contributed by atoms with Crippen LogP contribution in [0.5, 0.6) is 0 Å². The lowest BCUT2D eigenvalue weighted by Crippen LogP contribution is -2.30. The molecule has 1 rings (SSSR count). The SMILES string of the molecule is CCC(C(=O)O)S(=O)(=O)Cc1cccc(C(N)=S)c1. The van der Waals surface area contributed by atoms with Crippen molar-refractivity contribution in [2.45, 2.75) is 24.3 Å².